The topological polar surface area (TPSA) is 50.7 Å². The van der Waals surface area contributed by atoms with Crippen molar-refractivity contribution in [2.24, 2.45) is 7.05 Å². The van der Waals surface area contributed by atoms with Gasteiger partial charge in [-0.05, 0) is 19.1 Å². The van der Waals surface area contributed by atoms with Gasteiger partial charge in [0.1, 0.15) is 0 Å². The number of aryl methyl sites for hydroxylation is 1. The van der Waals surface area contributed by atoms with Crippen LogP contribution in [0, 0.1) is 4.77 Å². The summed E-state index contributed by atoms with van der Waals surface area (Å²) in [4.78, 5) is 15.7. The number of hydrogen-bond donors (Lipinski definition) is 1. The highest BCUT2D eigenvalue weighted by Crippen LogP contribution is 2.20. The van der Waals surface area contributed by atoms with Crippen LogP contribution in [0.1, 0.15) is 17.3 Å². The Morgan fingerprint density at radius 3 is 2.69 bits per heavy atom. The molecule has 1 aromatic carbocycles. The Morgan fingerprint density at radius 2 is 2.12 bits per heavy atom. The lowest BCUT2D eigenvalue weighted by atomic mass is 10.0. The van der Waals surface area contributed by atoms with Gasteiger partial charge in [-0.25, -0.2) is 0 Å². The fourth-order valence-electron chi connectivity index (χ4n) is 1.52. The Bertz CT molecular complexity index is 597. The first-order valence-corrected chi connectivity index (χ1v) is 5.24. The maximum absolute atomic E-state index is 11.5. The first-order chi connectivity index (χ1) is 7.59. The number of Topliss-reactive ketones (excluding diaryl/α,β-unsaturated/α-hetero) is 1. The van der Waals surface area contributed by atoms with Crippen LogP contribution in [0.3, 0.4) is 0 Å². The lowest BCUT2D eigenvalue weighted by Crippen LogP contribution is -1.97. The van der Waals surface area contributed by atoms with Gasteiger partial charge in [0.15, 0.2) is 11.6 Å². The molecule has 2 rings (SSSR count). The molecular weight excluding hydrogens is 222 g/mol. The van der Waals surface area contributed by atoms with Gasteiger partial charge in [0.2, 0.25) is 4.77 Å². The monoisotopic (exact) mass is 233 g/mol. The number of nitrogens with one attached hydrogen (secondary N) is 1. The van der Waals surface area contributed by atoms with Crippen molar-refractivity contribution >= 4 is 18.0 Å². The zero-order valence-corrected chi connectivity index (χ0v) is 9.84. The van der Waals surface area contributed by atoms with Crippen molar-refractivity contribution in [2.75, 3.05) is 0 Å². The molecule has 0 spiro atoms. The number of hydrogen-bond acceptors (Lipinski definition) is 3. The molecule has 0 saturated carbocycles. The molecule has 0 bridgehead atoms. The standard InChI is InChI=1S/C11H11N3OS/c1-7(15)8-5-3-4-6-9(8)10-12-11(16)14(2)13-10/h3-6H,1-2H3,(H,12,13,16). The van der Waals surface area contributed by atoms with E-state index in [1.54, 1.807) is 17.8 Å². The number of ketones is 1. The molecule has 0 aliphatic heterocycles. The van der Waals surface area contributed by atoms with Crippen molar-refractivity contribution in [2.45, 2.75) is 6.92 Å². The van der Waals surface area contributed by atoms with Crippen LogP contribution in [0.15, 0.2) is 24.3 Å². The summed E-state index contributed by atoms with van der Waals surface area (Å²) in [6, 6.07) is 7.33. The number of benzene rings is 1. The number of carbonyl (C=O) groups excluding carboxylic acids is 1. The molecule has 16 heavy (non-hydrogen) atoms. The van der Waals surface area contributed by atoms with Crippen molar-refractivity contribution in [1.29, 1.82) is 0 Å². The van der Waals surface area contributed by atoms with E-state index in [2.05, 4.69) is 10.1 Å². The third-order valence-electron chi connectivity index (χ3n) is 2.33. The highest BCUT2D eigenvalue weighted by molar-refractivity contribution is 7.71. The second kappa shape index (κ2) is 4.02. The zero-order valence-electron chi connectivity index (χ0n) is 9.02. The Balaban J connectivity index is 2.64. The molecule has 82 valence electrons. The third-order valence-corrected chi connectivity index (χ3v) is 2.69. The quantitative estimate of drug-likeness (QED) is 0.640. The summed E-state index contributed by atoms with van der Waals surface area (Å²) in [6.07, 6.45) is 0. The number of H-pyrrole nitrogens is 1. The maximum atomic E-state index is 11.5. The molecule has 1 aromatic heterocycles. The highest BCUT2D eigenvalue weighted by Gasteiger charge is 2.11. The second-order valence-electron chi connectivity index (χ2n) is 3.52. The maximum Gasteiger partial charge on any atom is 0.216 e. The highest BCUT2D eigenvalue weighted by atomic mass is 32.1. The number of aromatic nitrogens is 3. The number of nitrogens with zero attached hydrogens (tertiary/aromatic N) is 2. The zero-order chi connectivity index (χ0) is 11.7. The average Bonchev–Trinajstić information content (AvgIpc) is 2.59. The fourth-order valence-corrected chi connectivity index (χ4v) is 1.66. The van der Waals surface area contributed by atoms with Crippen molar-refractivity contribution in [3.8, 4) is 11.4 Å². The molecule has 0 aliphatic carbocycles. The molecule has 0 aliphatic rings. The van der Waals surface area contributed by atoms with Crippen LogP contribution in [0.4, 0.5) is 0 Å². The van der Waals surface area contributed by atoms with E-state index in [0.717, 1.165) is 5.56 Å². The van der Waals surface area contributed by atoms with E-state index >= 15 is 0 Å². The first kappa shape index (κ1) is 10.8. The molecule has 0 radical (unpaired) electrons. The molecule has 0 atom stereocenters. The van der Waals surface area contributed by atoms with Gasteiger partial charge in [-0.15, -0.1) is 0 Å². The van der Waals surface area contributed by atoms with Crippen LogP contribution in [0.2, 0.25) is 0 Å². The lowest BCUT2D eigenvalue weighted by molar-refractivity contribution is 0.101. The first-order valence-electron chi connectivity index (χ1n) is 4.83. The fraction of sp³-hybridized carbons (Fsp3) is 0.182. The van der Waals surface area contributed by atoms with Crippen LogP contribution in [0.5, 0.6) is 0 Å². The van der Waals surface area contributed by atoms with Crippen molar-refractivity contribution in [3.05, 3.63) is 34.6 Å². The van der Waals surface area contributed by atoms with Gasteiger partial charge in [-0.3, -0.25) is 14.6 Å². The summed E-state index contributed by atoms with van der Waals surface area (Å²) in [5, 5.41) is 3.01. The summed E-state index contributed by atoms with van der Waals surface area (Å²) in [6.45, 7) is 1.54. The van der Waals surface area contributed by atoms with Crippen molar-refractivity contribution in [3.63, 3.8) is 0 Å². The van der Waals surface area contributed by atoms with E-state index in [9.17, 15) is 4.79 Å². The SMILES string of the molecule is CC(=O)c1ccccc1-c1nc(=S)n(C)[nH]1. The predicted octanol–water partition coefficient (Wildman–Crippen LogP) is 2.35. The minimum Gasteiger partial charge on any atom is -0.294 e. The van der Waals surface area contributed by atoms with Gasteiger partial charge in [-0.2, -0.15) is 4.98 Å². The van der Waals surface area contributed by atoms with Gasteiger partial charge in [0.05, 0.1) is 0 Å². The molecule has 4 nitrogen and oxygen atoms in total. The third kappa shape index (κ3) is 1.81. The van der Waals surface area contributed by atoms with Gasteiger partial charge in [-0.1, -0.05) is 24.3 Å². The molecule has 0 fully saturated rings. The van der Waals surface area contributed by atoms with Crippen LogP contribution >= 0.6 is 12.2 Å². The Kier molecular flexibility index (Phi) is 2.70. The Hall–Kier alpha value is -1.75. The minimum atomic E-state index is 0.0144. The molecule has 0 amide bonds. The Morgan fingerprint density at radius 1 is 1.44 bits per heavy atom. The molecule has 5 heteroatoms. The van der Waals surface area contributed by atoms with E-state index < -0.39 is 0 Å². The van der Waals surface area contributed by atoms with Crippen LogP contribution in [-0.2, 0) is 7.05 Å². The average molecular weight is 233 g/mol. The van der Waals surface area contributed by atoms with E-state index in [1.807, 2.05) is 18.2 Å². The summed E-state index contributed by atoms with van der Waals surface area (Å²) >= 11 is 5.02. The molecule has 1 N–H and O–H groups in total. The van der Waals surface area contributed by atoms with Gasteiger partial charge < -0.3 is 0 Å². The van der Waals surface area contributed by atoms with E-state index in [4.69, 9.17) is 12.2 Å². The molecule has 1 heterocycles. The smallest absolute Gasteiger partial charge is 0.216 e. The van der Waals surface area contributed by atoms with Gasteiger partial charge >= 0.3 is 0 Å². The molecular formula is C11H11N3OS. The summed E-state index contributed by atoms with van der Waals surface area (Å²) in [5.41, 5.74) is 1.42. The largest absolute Gasteiger partial charge is 0.294 e. The van der Waals surface area contributed by atoms with Gasteiger partial charge in [0.25, 0.3) is 0 Å². The normalized spacial score (nSPS) is 10.4. The molecule has 0 unspecified atom stereocenters. The van der Waals surface area contributed by atoms with E-state index in [-0.39, 0.29) is 5.78 Å². The van der Waals surface area contributed by atoms with E-state index in [1.165, 1.54) is 6.92 Å². The number of rotatable bonds is 2. The predicted molar refractivity (Wildman–Crippen MR) is 63.8 cm³/mol. The van der Waals surface area contributed by atoms with Gasteiger partial charge in [0, 0.05) is 18.2 Å². The summed E-state index contributed by atoms with van der Waals surface area (Å²) in [7, 11) is 1.79. The summed E-state index contributed by atoms with van der Waals surface area (Å²) in [5.74, 6) is 0.638. The minimum absolute atomic E-state index is 0.0144. The number of carbonyl (C=O) groups is 1. The van der Waals surface area contributed by atoms with E-state index in [0.29, 0.717) is 16.2 Å². The van der Waals surface area contributed by atoms with Crippen molar-refractivity contribution < 1.29 is 4.79 Å². The summed E-state index contributed by atoms with van der Waals surface area (Å²) < 4.78 is 2.11. The lowest BCUT2D eigenvalue weighted by Gasteiger charge is -2.02. The Labute approximate surface area is 97.9 Å². The molecule has 0 saturated heterocycles. The van der Waals surface area contributed by atoms with Crippen LogP contribution < -0.4 is 0 Å². The van der Waals surface area contributed by atoms with Crippen LogP contribution in [0.25, 0.3) is 11.4 Å². The second-order valence-corrected chi connectivity index (χ2v) is 3.88. The van der Waals surface area contributed by atoms with Crippen molar-refractivity contribution in [1.82, 2.24) is 14.8 Å². The molecule has 2 aromatic rings. The van der Waals surface area contributed by atoms with Crippen LogP contribution in [-0.4, -0.2) is 20.5 Å². The number of aromatic amines is 1.